The van der Waals surface area contributed by atoms with Crippen molar-refractivity contribution < 1.29 is 27.1 Å². The summed E-state index contributed by atoms with van der Waals surface area (Å²) < 4.78 is 47.0. The van der Waals surface area contributed by atoms with Gasteiger partial charge >= 0.3 is 5.97 Å². The average Bonchev–Trinajstić information content (AvgIpc) is 2.75. The van der Waals surface area contributed by atoms with Gasteiger partial charge in [0, 0.05) is 15.2 Å². The lowest BCUT2D eigenvalue weighted by Gasteiger charge is -2.10. The first-order valence-corrected chi connectivity index (χ1v) is 11.6. The van der Waals surface area contributed by atoms with E-state index in [4.69, 9.17) is 16.3 Å². The molecule has 0 aliphatic carbocycles. The number of sulfonamides is 1. The summed E-state index contributed by atoms with van der Waals surface area (Å²) in [5.41, 5.74) is 0.143. The summed E-state index contributed by atoms with van der Waals surface area (Å²) in [5, 5.41) is 2.42. The van der Waals surface area contributed by atoms with Gasteiger partial charge in [-0.3, -0.25) is 9.52 Å². The van der Waals surface area contributed by atoms with E-state index in [0.717, 1.165) is 16.6 Å². The molecule has 0 radical (unpaired) electrons. The van der Waals surface area contributed by atoms with E-state index in [1.807, 2.05) is 0 Å². The van der Waals surface area contributed by atoms with Crippen molar-refractivity contribution in [2.45, 2.75) is 4.90 Å². The molecule has 0 heterocycles. The van der Waals surface area contributed by atoms with Crippen molar-refractivity contribution >= 4 is 60.8 Å². The van der Waals surface area contributed by atoms with Crippen LogP contribution in [0.5, 0.6) is 0 Å². The minimum absolute atomic E-state index is 0.0749. The molecule has 3 aromatic rings. The third kappa shape index (κ3) is 6.28. The van der Waals surface area contributed by atoms with Crippen LogP contribution in [-0.4, -0.2) is 26.9 Å². The number of ether oxygens (including phenoxy) is 1. The van der Waals surface area contributed by atoms with Crippen LogP contribution in [0.25, 0.3) is 0 Å². The first-order valence-electron chi connectivity index (χ1n) is 8.94. The van der Waals surface area contributed by atoms with Crippen LogP contribution in [0.15, 0.2) is 76.1 Å². The summed E-state index contributed by atoms with van der Waals surface area (Å²) in [5.74, 6) is -2.44. The molecule has 0 atom stereocenters. The molecule has 3 aromatic carbocycles. The second-order valence-corrected chi connectivity index (χ2v) is 9.42. The molecule has 0 saturated carbocycles. The van der Waals surface area contributed by atoms with Gasteiger partial charge in [0.2, 0.25) is 0 Å². The first kappa shape index (κ1) is 23.7. The summed E-state index contributed by atoms with van der Waals surface area (Å²) in [6.45, 7) is -0.699. The number of carbonyl (C=O) groups is 2. The maximum absolute atomic E-state index is 13.7. The topological polar surface area (TPSA) is 102 Å². The van der Waals surface area contributed by atoms with Crippen molar-refractivity contribution in [3.8, 4) is 0 Å². The van der Waals surface area contributed by atoms with E-state index >= 15 is 0 Å². The third-order valence-electron chi connectivity index (χ3n) is 4.02. The highest BCUT2D eigenvalue weighted by Crippen LogP contribution is 2.20. The van der Waals surface area contributed by atoms with E-state index in [9.17, 15) is 22.4 Å². The minimum Gasteiger partial charge on any atom is -0.452 e. The smallest absolute Gasteiger partial charge is 0.338 e. The van der Waals surface area contributed by atoms with E-state index < -0.39 is 34.3 Å². The highest BCUT2D eigenvalue weighted by atomic mass is 79.9. The fourth-order valence-electron chi connectivity index (χ4n) is 2.51. The van der Waals surface area contributed by atoms with Gasteiger partial charge in [-0.2, -0.15) is 0 Å². The highest BCUT2D eigenvalue weighted by Gasteiger charge is 2.18. The number of halogens is 3. The predicted octanol–water partition coefficient (Wildman–Crippen LogP) is 4.84. The fraction of sp³-hybridized carbons (Fsp3) is 0.0476. The molecule has 7 nitrogen and oxygen atoms in total. The molecule has 11 heteroatoms. The zero-order valence-corrected chi connectivity index (χ0v) is 19.3. The number of amides is 1. The Balaban J connectivity index is 1.64. The monoisotopic (exact) mass is 540 g/mol. The number of hydrogen-bond acceptors (Lipinski definition) is 5. The summed E-state index contributed by atoms with van der Waals surface area (Å²) in [4.78, 5) is 24.1. The fourth-order valence-corrected chi connectivity index (χ4v) is 4.04. The molecular weight excluding hydrogens is 527 g/mol. The Morgan fingerprint density at radius 1 is 1.03 bits per heavy atom. The molecule has 3 rings (SSSR count). The number of hydrogen-bond donors (Lipinski definition) is 2. The van der Waals surface area contributed by atoms with E-state index in [1.54, 1.807) is 24.3 Å². The first-order chi connectivity index (χ1) is 15.1. The van der Waals surface area contributed by atoms with Gasteiger partial charge in [-0.05, 0) is 60.7 Å². The second-order valence-electron chi connectivity index (χ2n) is 6.39. The van der Waals surface area contributed by atoms with E-state index in [-0.39, 0.29) is 21.2 Å². The van der Waals surface area contributed by atoms with Crippen molar-refractivity contribution in [2.24, 2.45) is 0 Å². The highest BCUT2D eigenvalue weighted by molar-refractivity contribution is 9.10. The molecule has 32 heavy (non-hydrogen) atoms. The zero-order valence-electron chi connectivity index (χ0n) is 16.1. The van der Waals surface area contributed by atoms with Crippen LogP contribution in [0.3, 0.4) is 0 Å². The Labute approximate surface area is 196 Å². The Morgan fingerprint density at radius 2 is 1.75 bits per heavy atom. The Hall–Kier alpha value is -2.95. The standard InChI is InChI=1S/C21H15BrClFN2O5S/c22-14-4-7-16(8-5-14)26-32(29,30)17-3-1-2-13(10-17)21(28)31-12-20(27)25-19-9-6-15(23)11-18(19)24/h1-11,26H,12H2,(H,25,27). The summed E-state index contributed by atoms with van der Waals surface area (Å²) >= 11 is 8.91. The largest absolute Gasteiger partial charge is 0.452 e. The van der Waals surface area contributed by atoms with Crippen LogP contribution in [0.2, 0.25) is 5.02 Å². The molecule has 166 valence electrons. The van der Waals surface area contributed by atoms with Crippen molar-refractivity contribution in [1.82, 2.24) is 0 Å². The van der Waals surface area contributed by atoms with Crippen LogP contribution in [0.1, 0.15) is 10.4 Å². The molecular formula is C21H15BrClFN2O5S. The van der Waals surface area contributed by atoms with Crippen molar-refractivity contribution in [2.75, 3.05) is 16.6 Å². The number of benzene rings is 3. The molecule has 0 unspecified atom stereocenters. The van der Waals surface area contributed by atoms with Crippen molar-refractivity contribution in [3.05, 3.63) is 87.6 Å². The lowest BCUT2D eigenvalue weighted by Crippen LogP contribution is -2.21. The minimum atomic E-state index is -3.97. The van der Waals surface area contributed by atoms with Crippen LogP contribution in [0.4, 0.5) is 15.8 Å². The van der Waals surface area contributed by atoms with E-state index in [1.165, 1.54) is 30.3 Å². The normalized spacial score (nSPS) is 11.0. The molecule has 0 saturated heterocycles. The summed E-state index contributed by atoms with van der Waals surface area (Å²) in [7, 11) is -3.97. The van der Waals surface area contributed by atoms with Gasteiger partial charge in [0.05, 0.1) is 16.1 Å². The quantitative estimate of drug-likeness (QED) is 0.417. The van der Waals surface area contributed by atoms with Crippen LogP contribution in [0, 0.1) is 5.82 Å². The lowest BCUT2D eigenvalue weighted by molar-refractivity contribution is -0.119. The van der Waals surface area contributed by atoms with Gasteiger partial charge in [-0.1, -0.05) is 33.6 Å². The van der Waals surface area contributed by atoms with Crippen LogP contribution >= 0.6 is 27.5 Å². The molecule has 1 amide bonds. The lowest BCUT2D eigenvalue weighted by atomic mass is 10.2. The van der Waals surface area contributed by atoms with Crippen LogP contribution < -0.4 is 10.0 Å². The second kappa shape index (κ2) is 10.1. The van der Waals surface area contributed by atoms with Crippen molar-refractivity contribution in [3.63, 3.8) is 0 Å². The number of esters is 1. The number of anilines is 2. The summed E-state index contributed by atoms with van der Waals surface area (Å²) in [6.07, 6.45) is 0. The SMILES string of the molecule is O=C(COC(=O)c1cccc(S(=O)(=O)Nc2ccc(Br)cc2)c1)Nc1ccc(Cl)cc1F. The van der Waals surface area contributed by atoms with E-state index in [0.29, 0.717) is 5.69 Å². The molecule has 0 aliphatic rings. The maximum Gasteiger partial charge on any atom is 0.338 e. The van der Waals surface area contributed by atoms with Gasteiger partial charge < -0.3 is 10.1 Å². The number of rotatable bonds is 7. The number of carbonyl (C=O) groups excluding carboxylic acids is 2. The van der Waals surface area contributed by atoms with Gasteiger partial charge in [0.25, 0.3) is 15.9 Å². The Morgan fingerprint density at radius 3 is 2.44 bits per heavy atom. The average molecular weight is 542 g/mol. The van der Waals surface area contributed by atoms with Gasteiger partial charge in [0.1, 0.15) is 5.82 Å². The van der Waals surface area contributed by atoms with Gasteiger partial charge in [-0.15, -0.1) is 0 Å². The summed E-state index contributed by atoms with van der Waals surface area (Å²) in [6, 6.07) is 15.3. The van der Waals surface area contributed by atoms with Gasteiger partial charge in [0.15, 0.2) is 6.61 Å². The Kier molecular flexibility index (Phi) is 7.49. The molecule has 0 aromatic heterocycles. The van der Waals surface area contributed by atoms with E-state index in [2.05, 4.69) is 26.0 Å². The van der Waals surface area contributed by atoms with Gasteiger partial charge in [-0.25, -0.2) is 17.6 Å². The van der Waals surface area contributed by atoms with Crippen molar-refractivity contribution in [1.29, 1.82) is 0 Å². The zero-order chi connectivity index (χ0) is 23.3. The molecule has 2 N–H and O–H groups in total. The molecule has 0 fully saturated rings. The molecule has 0 aliphatic heterocycles. The maximum atomic E-state index is 13.7. The molecule has 0 spiro atoms. The number of nitrogens with one attached hydrogen (secondary N) is 2. The predicted molar refractivity (Wildman–Crippen MR) is 122 cm³/mol. The third-order valence-corrected chi connectivity index (χ3v) is 6.16. The Bertz CT molecular complexity index is 1270. The molecule has 0 bridgehead atoms. The van der Waals surface area contributed by atoms with Crippen LogP contribution in [-0.2, 0) is 19.6 Å².